The third-order valence-electron chi connectivity index (χ3n) is 3.73. The van der Waals surface area contributed by atoms with E-state index in [-0.39, 0.29) is 0 Å². The zero-order chi connectivity index (χ0) is 14.2. The van der Waals surface area contributed by atoms with Crippen molar-refractivity contribution in [3.8, 4) is 0 Å². The van der Waals surface area contributed by atoms with Gasteiger partial charge in [0.2, 0.25) is 5.16 Å². The summed E-state index contributed by atoms with van der Waals surface area (Å²) in [5, 5.41) is 16.4. The highest BCUT2D eigenvalue weighted by Gasteiger charge is 2.28. The Labute approximate surface area is 136 Å². The molecule has 21 heavy (non-hydrogen) atoms. The van der Waals surface area contributed by atoms with Crippen LogP contribution in [0.5, 0.6) is 0 Å². The van der Waals surface area contributed by atoms with E-state index in [2.05, 4.69) is 55.0 Å². The third kappa shape index (κ3) is 3.30. The monoisotopic (exact) mass is 365 g/mol. The minimum absolute atomic E-state index is 0.503. The quantitative estimate of drug-likeness (QED) is 0.851. The summed E-state index contributed by atoms with van der Waals surface area (Å²) in [6.07, 6.45) is 5.01. The van der Waals surface area contributed by atoms with Gasteiger partial charge in [-0.15, -0.1) is 5.10 Å². The maximum Gasteiger partial charge on any atom is 0.214 e. The Hall–Kier alpha value is -0.920. The Morgan fingerprint density at radius 1 is 1.29 bits per heavy atom. The summed E-state index contributed by atoms with van der Waals surface area (Å²) in [7, 11) is 0. The van der Waals surface area contributed by atoms with Gasteiger partial charge in [0.05, 0.1) is 6.04 Å². The molecule has 1 heterocycles. The van der Waals surface area contributed by atoms with Crippen molar-refractivity contribution in [2.24, 2.45) is 0 Å². The smallest absolute Gasteiger partial charge is 0.214 e. The first-order valence-corrected chi connectivity index (χ1v) is 8.88. The zero-order valence-corrected chi connectivity index (χ0v) is 13.9. The molecule has 1 aromatic heterocycles. The molecule has 2 aliphatic rings. The predicted octanol–water partition coefficient (Wildman–Crippen LogP) is 3.17. The first-order valence-electron chi connectivity index (χ1n) is 7.27. The van der Waals surface area contributed by atoms with Crippen molar-refractivity contribution in [3.05, 3.63) is 28.2 Å². The van der Waals surface area contributed by atoms with Gasteiger partial charge < -0.3 is 5.32 Å². The highest BCUT2D eigenvalue weighted by molar-refractivity contribution is 9.10. The van der Waals surface area contributed by atoms with E-state index in [1.807, 2.05) is 4.68 Å². The molecule has 2 aromatic rings. The van der Waals surface area contributed by atoms with Gasteiger partial charge in [-0.3, -0.25) is 0 Å². The van der Waals surface area contributed by atoms with Crippen LogP contribution in [0.15, 0.2) is 32.7 Å². The molecule has 0 spiro atoms. The van der Waals surface area contributed by atoms with Crippen LogP contribution in [0, 0.1) is 0 Å². The normalized spacial score (nSPS) is 18.1. The molecule has 1 N–H and O–H groups in total. The molecule has 0 saturated heterocycles. The van der Waals surface area contributed by atoms with E-state index in [9.17, 15) is 0 Å². The number of halogens is 1. The van der Waals surface area contributed by atoms with Crippen molar-refractivity contribution in [2.45, 2.75) is 54.4 Å². The van der Waals surface area contributed by atoms with Crippen LogP contribution in [0.4, 0.5) is 0 Å². The maximum absolute atomic E-state index is 4.14. The molecular weight excluding hydrogens is 350 g/mol. The van der Waals surface area contributed by atoms with Crippen molar-refractivity contribution < 1.29 is 0 Å². The zero-order valence-electron chi connectivity index (χ0n) is 11.5. The summed E-state index contributed by atoms with van der Waals surface area (Å²) in [6, 6.07) is 7.74. The second-order valence-electron chi connectivity index (χ2n) is 5.66. The van der Waals surface area contributed by atoms with Gasteiger partial charge >= 0.3 is 0 Å². The Bertz CT molecular complexity index is 651. The summed E-state index contributed by atoms with van der Waals surface area (Å²) >= 11 is 5.29. The Kier molecular flexibility index (Phi) is 3.72. The number of nitrogens with one attached hydrogen (secondary N) is 1. The topological polar surface area (TPSA) is 55.6 Å². The fraction of sp³-hybridized carbons (Fsp3) is 0.500. The average Bonchev–Trinajstić information content (AvgIpc) is 3.40. The van der Waals surface area contributed by atoms with Crippen LogP contribution >= 0.6 is 27.7 Å². The van der Waals surface area contributed by atoms with Crippen LogP contribution in [0.25, 0.3) is 0 Å². The molecule has 2 saturated carbocycles. The first-order chi connectivity index (χ1) is 10.3. The van der Waals surface area contributed by atoms with Gasteiger partial charge in [0.15, 0.2) is 0 Å². The summed E-state index contributed by atoms with van der Waals surface area (Å²) < 4.78 is 3.05. The van der Waals surface area contributed by atoms with Crippen LogP contribution in [0.2, 0.25) is 0 Å². The van der Waals surface area contributed by atoms with Crippen LogP contribution in [-0.2, 0) is 6.54 Å². The minimum atomic E-state index is 0.503. The van der Waals surface area contributed by atoms with Crippen molar-refractivity contribution in [2.75, 3.05) is 0 Å². The van der Waals surface area contributed by atoms with E-state index in [0.717, 1.165) is 27.1 Å². The largest absolute Gasteiger partial charge is 0.310 e. The Balaban J connectivity index is 1.47. The number of rotatable bonds is 6. The lowest BCUT2D eigenvalue weighted by Crippen LogP contribution is -2.15. The van der Waals surface area contributed by atoms with Crippen LogP contribution in [0.3, 0.4) is 0 Å². The second-order valence-corrected chi connectivity index (χ2v) is 7.52. The number of tetrazole rings is 1. The molecule has 5 nitrogen and oxygen atoms in total. The van der Waals surface area contributed by atoms with Gasteiger partial charge in [0.25, 0.3) is 0 Å². The number of hydrogen-bond acceptors (Lipinski definition) is 5. The molecule has 0 unspecified atom stereocenters. The third-order valence-corrected chi connectivity index (χ3v) is 5.67. The van der Waals surface area contributed by atoms with E-state index in [0.29, 0.717) is 6.04 Å². The molecule has 110 valence electrons. The lowest BCUT2D eigenvalue weighted by molar-refractivity contribution is 0.565. The molecule has 0 aliphatic heterocycles. The summed E-state index contributed by atoms with van der Waals surface area (Å²) in [5.74, 6) is 0. The van der Waals surface area contributed by atoms with E-state index < -0.39 is 0 Å². The van der Waals surface area contributed by atoms with Crippen LogP contribution in [0.1, 0.15) is 37.3 Å². The average molecular weight is 366 g/mol. The number of aromatic nitrogens is 4. The van der Waals surface area contributed by atoms with E-state index in [4.69, 9.17) is 0 Å². The minimum Gasteiger partial charge on any atom is -0.310 e. The molecule has 0 atom stereocenters. The van der Waals surface area contributed by atoms with E-state index >= 15 is 0 Å². The fourth-order valence-electron chi connectivity index (χ4n) is 2.19. The van der Waals surface area contributed by atoms with Gasteiger partial charge in [0.1, 0.15) is 0 Å². The maximum atomic E-state index is 4.14. The van der Waals surface area contributed by atoms with Gasteiger partial charge in [0, 0.05) is 22.0 Å². The van der Waals surface area contributed by atoms with Crippen molar-refractivity contribution in [3.63, 3.8) is 0 Å². The number of hydrogen-bond donors (Lipinski definition) is 1. The number of nitrogens with zero attached hydrogens (tertiary/aromatic N) is 4. The van der Waals surface area contributed by atoms with E-state index in [1.54, 1.807) is 11.8 Å². The molecule has 1 aromatic carbocycles. The van der Waals surface area contributed by atoms with Gasteiger partial charge in [-0.1, -0.05) is 6.07 Å². The Morgan fingerprint density at radius 3 is 2.86 bits per heavy atom. The molecule has 2 aliphatic carbocycles. The molecule has 4 rings (SSSR count). The first kappa shape index (κ1) is 13.7. The predicted molar refractivity (Wildman–Crippen MR) is 84.2 cm³/mol. The molecule has 0 radical (unpaired) electrons. The highest BCUT2D eigenvalue weighted by Crippen LogP contribution is 2.39. The second kappa shape index (κ2) is 5.70. The van der Waals surface area contributed by atoms with Crippen LogP contribution in [-0.4, -0.2) is 26.2 Å². The fourth-order valence-corrected chi connectivity index (χ4v) is 3.70. The lowest BCUT2D eigenvalue weighted by atomic mass is 10.2. The molecule has 0 bridgehead atoms. The number of benzene rings is 1. The molecule has 7 heteroatoms. The summed E-state index contributed by atoms with van der Waals surface area (Å²) in [5.41, 5.74) is 1.31. The van der Waals surface area contributed by atoms with Crippen molar-refractivity contribution >= 4 is 27.7 Å². The molecule has 2 fully saturated rings. The van der Waals surface area contributed by atoms with Gasteiger partial charge in [-0.05, 0) is 81.5 Å². The molecular formula is C14H16BrN5S. The van der Waals surface area contributed by atoms with E-state index in [1.165, 1.54) is 31.2 Å². The van der Waals surface area contributed by atoms with Gasteiger partial charge in [-0.25, -0.2) is 4.68 Å². The van der Waals surface area contributed by atoms with Crippen molar-refractivity contribution in [1.82, 2.24) is 25.5 Å². The Morgan fingerprint density at radius 2 is 2.14 bits per heavy atom. The summed E-state index contributed by atoms with van der Waals surface area (Å²) in [6.45, 7) is 0.939. The standard InChI is InChI=1S/C14H16BrN5S/c15-12-7-9(8-16-10-2-3-10)1-6-13(12)21-14-17-18-19-20(14)11-4-5-11/h1,6-7,10-11,16H,2-5,8H2. The lowest BCUT2D eigenvalue weighted by Gasteiger charge is -2.08. The SMILES string of the molecule is Brc1cc(CNC2CC2)ccc1Sc1nnnn1C1CC1. The van der Waals surface area contributed by atoms with Crippen molar-refractivity contribution in [1.29, 1.82) is 0 Å². The highest BCUT2D eigenvalue weighted by atomic mass is 79.9. The van der Waals surface area contributed by atoms with Gasteiger partial charge in [-0.2, -0.15) is 0 Å². The molecule has 0 amide bonds. The van der Waals surface area contributed by atoms with Crippen LogP contribution < -0.4 is 5.32 Å². The summed E-state index contributed by atoms with van der Waals surface area (Å²) in [4.78, 5) is 1.15.